The van der Waals surface area contributed by atoms with E-state index in [9.17, 15) is 0 Å². The zero-order valence-electron chi connectivity index (χ0n) is 6.97. The van der Waals surface area contributed by atoms with Gasteiger partial charge in [-0.3, -0.25) is 0 Å². The first kappa shape index (κ1) is 17.8. The van der Waals surface area contributed by atoms with Crippen LogP contribution in [0.4, 0.5) is 0 Å². The van der Waals surface area contributed by atoms with Crippen molar-refractivity contribution in [2.45, 2.75) is 0 Å². The van der Waals surface area contributed by atoms with E-state index in [1.165, 1.54) is 8.53 Å². The van der Waals surface area contributed by atoms with Crippen LogP contribution in [0.25, 0.3) is 5.59 Å². The summed E-state index contributed by atoms with van der Waals surface area (Å²) < 4.78 is 3.02. The monoisotopic (exact) mass is 350 g/mol. The number of hydrogen-bond acceptors (Lipinski definition) is 3. The number of carbonyl (C=O) groups excluding carboxylic acids is 2. The molecule has 0 atom stereocenters. The van der Waals surface area contributed by atoms with Gasteiger partial charge in [0.25, 0.3) is 0 Å². The molecule has 0 unspecified atom stereocenters. The van der Waals surface area contributed by atoms with E-state index in [4.69, 9.17) is 20.1 Å². The van der Waals surface area contributed by atoms with Gasteiger partial charge in [-0.25, -0.2) is 12.1 Å². The SMILES string of the molecule is O=[C]=[W]=[C]=O.[CH3-].[N-]=O.c1cc[cH-]c1. The zero-order chi connectivity index (χ0) is 9.66. The fraction of sp³-hybridized carbons (Fsp3) is 0. The van der Waals surface area contributed by atoms with Gasteiger partial charge in [0.1, 0.15) is 0 Å². The van der Waals surface area contributed by atoms with E-state index in [1.807, 2.05) is 30.3 Å². The molecule has 0 fully saturated rings. The summed E-state index contributed by atoms with van der Waals surface area (Å²) in [5, 5.41) is 0. The van der Waals surface area contributed by atoms with Crippen molar-refractivity contribution in [3.63, 3.8) is 0 Å². The molecule has 0 spiro atoms. The summed E-state index contributed by atoms with van der Waals surface area (Å²) in [6.07, 6.45) is 0. The second kappa shape index (κ2) is 22.4. The third kappa shape index (κ3) is 24.9. The van der Waals surface area contributed by atoms with Crippen molar-refractivity contribution >= 4 is 8.53 Å². The maximum atomic E-state index is 9.09. The molecule has 0 aliphatic heterocycles. The van der Waals surface area contributed by atoms with Crippen molar-refractivity contribution in [3.05, 3.63) is 48.3 Å². The summed E-state index contributed by atoms with van der Waals surface area (Å²) in [6, 6.07) is 10.0. The third-order valence-corrected chi connectivity index (χ3v) is 1.24. The van der Waals surface area contributed by atoms with Gasteiger partial charge in [-0.1, -0.05) is 0 Å². The summed E-state index contributed by atoms with van der Waals surface area (Å²) in [5.41, 5.74) is 5.75. The predicted octanol–water partition coefficient (Wildman–Crippen LogP) is 1.38. The molecule has 0 aliphatic rings. The number of nitroso groups, excluding NO2 is 1. The summed E-state index contributed by atoms with van der Waals surface area (Å²) in [6.45, 7) is 0. The number of hydrogen-bond donors (Lipinski definition) is 0. The second-order valence-electron chi connectivity index (χ2n) is 1.23. The molecule has 1 aromatic carbocycles. The van der Waals surface area contributed by atoms with Crippen LogP contribution < -0.4 is 0 Å². The fourth-order valence-corrected chi connectivity index (χ4v) is 0.460. The van der Waals surface area contributed by atoms with Crippen LogP contribution >= 0.6 is 0 Å². The van der Waals surface area contributed by atoms with E-state index in [0.717, 1.165) is 0 Å². The molecule has 0 bridgehead atoms. The van der Waals surface area contributed by atoms with Crippen molar-refractivity contribution < 1.29 is 27.2 Å². The van der Waals surface area contributed by atoms with Gasteiger partial charge < -0.3 is 17.9 Å². The van der Waals surface area contributed by atoms with Crippen LogP contribution in [-0.4, -0.2) is 8.53 Å². The molecule has 0 aliphatic carbocycles. The maximum Gasteiger partial charge on any atom is -0.172 e. The molecule has 0 saturated carbocycles. The predicted molar refractivity (Wildman–Crippen MR) is 46.6 cm³/mol. The first-order valence-corrected chi connectivity index (χ1v) is 5.60. The van der Waals surface area contributed by atoms with Gasteiger partial charge in [-0.05, 0) is 0 Å². The van der Waals surface area contributed by atoms with Crippen LogP contribution in [0.3, 0.4) is 0 Å². The topological polar surface area (TPSA) is 73.5 Å². The minimum absolute atomic E-state index is 0. The maximum absolute atomic E-state index is 9.09. The Morgan fingerprint density at radius 3 is 1.54 bits per heavy atom. The Kier molecular flexibility index (Phi) is 30.7. The largest absolute Gasteiger partial charge is 0.577 e. The van der Waals surface area contributed by atoms with Crippen LogP contribution in [0.1, 0.15) is 0 Å². The summed E-state index contributed by atoms with van der Waals surface area (Å²) in [5.74, 6) is 0. The third-order valence-electron chi connectivity index (χ3n) is 0.639. The first-order chi connectivity index (χ1) is 5.91. The average molecular weight is 350 g/mol. The van der Waals surface area contributed by atoms with Crippen molar-refractivity contribution in [3.8, 4) is 0 Å². The molecule has 1 rings (SSSR count). The molecular formula is C8H8NO3W-3. The summed E-state index contributed by atoms with van der Waals surface area (Å²) >= 11 is -1.37. The van der Waals surface area contributed by atoms with Crippen LogP contribution in [0, 0.1) is 12.3 Å². The normalized spacial score (nSPS) is 4.92. The summed E-state index contributed by atoms with van der Waals surface area (Å²) in [4.78, 5) is 25.4. The molecule has 0 saturated heterocycles. The van der Waals surface area contributed by atoms with Crippen molar-refractivity contribution in [1.29, 1.82) is 0 Å². The standard InChI is InChI=1S/C5H5.2CO.CH3.NO.W/c1-2-4-5-3-1;2*1-2;;1-2;/h1-5H;;;1H3;;/q-1;;;2*-1;. The second-order valence-corrected chi connectivity index (χ2v) is 3.16. The van der Waals surface area contributed by atoms with Gasteiger partial charge in [0.2, 0.25) is 0 Å². The zero-order valence-corrected chi connectivity index (χ0v) is 9.90. The Labute approximate surface area is 84.3 Å². The molecular weight excluding hydrogens is 342 g/mol. The Morgan fingerprint density at radius 1 is 1.08 bits per heavy atom. The molecule has 72 valence electrons. The van der Waals surface area contributed by atoms with E-state index in [-0.39, 0.29) is 7.43 Å². The number of rotatable bonds is 0. The fourth-order valence-electron chi connectivity index (χ4n) is 0.338. The molecule has 0 aromatic heterocycles. The molecule has 0 radical (unpaired) electrons. The molecule has 0 N–H and O–H groups in total. The van der Waals surface area contributed by atoms with Crippen LogP contribution in [0.2, 0.25) is 0 Å². The molecule has 0 heterocycles. The van der Waals surface area contributed by atoms with Gasteiger partial charge in [-0.15, -0.1) is 0 Å². The van der Waals surface area contributed by atoms with Gasteiger partial charge in [0.15, 0.2) is 0 Å². The van der Waals surface area contributed by atoms with Gasteiger partial charge >= 0.3 is 35.8 Å². The van der Waals surface area contributed by atoms with E-state index >= 15 is 0 Å². The van der Waals surface area contributed by atoms with E-state index in [1.54, 1.807) is 0 Å². The van der Waals surface area contributed by atoms with Crippen molar-refractivity contribution in [1.82, 2.24) is 0 Å². The molecule has 4 nitrogen and oxygen atoms in total. The van der Waals surface area contributed by atoms with Crippen LogP contribution in [-0.2, 0) is 27.2 Å². The van der Waals surface area contributed by atoms with Crippen LogP contribution in [0.15, 0.2) is 30.3 Å². The Bertz CT molecular complexity index is 238. The minimum Gasteiger partial charge on any atom is -0.577 e. The summed E-state index contributed by atoms with van der Waals surface area (Å²) in [7, 11) is 0. The molecule has 5 heteroatoms. The van der Waals surface area contributed by atoms with E-state index in [2.05, 4.69) is 0 Å². The quantitative estimate of drug-likeness (QED) is 0.664. The van der Waals surface area contributed by atoms with Crippen molar-refractivity contribution in [2.75, 3.05) is 0 Å². The van der Waals surface area contributed by atoms with Crippen LogP contribution in [0.5, 0.6) is 0 Å². The van der Waals surface area contributed by atoms with Crippen molar-refractivity contribution in [2.24, 2.45) is 0 Å². The Balaban J connectivity index is -0.000000122. The molecule has 0 amide bonds. The van der Waals surface area contributed by atoms with Gasteiger partial charge in [-0.2, -0.15) is 18.2 Å². The minimum atomic E-state index is -1.37. The van der Waals surface area contributed by atoms with Gasteiger partial charge in [0, 0.05) is 0 Å². The molecule has 1 aromatic rings. The van der Waals surface area contributed by atoms with E-state index < -0.39 is 17.6 Å². The van der Waals surface area contributed by atoms with E-state index in [0.29, 0.717) is 0 Å². The van der Waals surface area contributed by atoms with Gasteiger partial charge in [0.05, 0.1) is 0 Å². The Hall–Kier alpha value is -1.20. The Morgan fingerprint density at radius 2 is 1.46 bits per heavy atom. The first-order valence-electron chi connectivity index (χ1n) is 2.67. The number of nitrogens with zero attached hydrogens (tertiary/aromatic N) is 1. The average Bonchev–Trinajstić information content (AvgIpc) is 2.67. The molecule has 13 heavy (non-hydrogen) atoms. The smallest absolute Gasteiger partial charge is 0.172 e.